The van der Waals surface area contributed by atoms with Crippen LogP contribution in [0, 0.1) is 17.8 Å². The third kappa shape index (κ3) is 3.18. The molecule has 0 saturated heterocycles. The zero-order valence-electron chi connectivity index (χ0n) is 10.5. The van der Waals surface area contributed by atoms with Crippen LogP contribution in [0.3, 0.4) is 0 Å². The van der Waals surface area contributed by atoms with Crippen LogP contribution in [-0.2, 0) is 0 Å². The SMILES string of the molecule is CC(C)C1CCCC(O)(C(C)CN)CC1. The lowest BCUT2D eigenvalue weighted by atomic mass is 9.81. The first kappa shape index (κ1) is 13.0. The molecule has 3 N–H and O–H groups in total. The standard InChI is InChI=1S/C13H27NO/c1-10(2)12-5-4-7-13(15,8-6-12)11(3)9-14/h10-12,15H,4-9,14H2,1-3H3. The van der Waals surface area contributed by atoms with Crippen LogP contribution in [0.1, 0.15) is 52.9 Å². The summed E-state index contributed by atoms with van der Waals surface area (Å²) < 4.78 is 0. The fraction of sp³-hybridized carbons (Fsp3) is 1.00. The van der Waals surface area contributed by atoms with E-state index in [-0.39, 0.29) is 5.92 Å². The van der Waals surface area contributed by atoms with Gasteiger partial charge in [0.05, 0.1) is 5.60 Å². The van der Waals surface area contributed by atoms with Crippen LogP contribution in [0.15, 0.2) is 0 Å². The van der Waals surface area contributed by atoms with Crippen molar-refractivity contribution in [2.24, 2.45) is 23.5 Å². The molecule has 1 saturated carbocycles. The number of hydrogen-bond donors (Lipinski definition) is 2. The molecule has 0 aromatic heterocycles. The van der Waals surface area contributed by atoms with Crippen molar-refractivity contribution < 1.29 is 5.11 Å². The van der Waals surface area contributed by atoms with Crippen molar-refractivity contribution in [1.29, 1.82) is 0 Å². The lowest BCUT2D eigenvalue weighted by Gasteiger charge is -2.32. The minimum Gasteiger partial charge on any atom is -0.390 e. The van der Waals surface area contributed by atoms with Gasteiger partial charge in [0.1, 0.15) is 0 Å². The van der Waals surface area contributed by atoms with Crippen molar-refractivity contribution in [2.75, 3.05) is 6.54 Å². The molecular weight excluding hydrogens is 186 g/mol. The van der Waals surface area contributed by atoms with E-state index in [1.54, 1.807) is 0 Å². The molecule has 15 heavy (non-hydrogen) atoms. The highest BCUT2D eigenvalue weighted by Gasteiger charge is 2.35. The van der Waals surface area contributed by atoms with Gasteiger partial charge in [-0.3, -0.25) is 0 Å². The van der Waals surface area contributed by atoms with Crippen molar-refractivity contribution in [3.63, 3.8) is 0 Å². The Morgan fingerprint density at radius 2 is 1.93 bits per heavy atom. The van der Waals surface area contributed by atoms with E-state index in [0.29, 0.717) is 6.54 Å². The topological polar surface area (TPSA) is 46.2 Å². The second-order valence-electron chi connectivity index (χ2n) is 5.68. The molecule has 0 radical (unpaired) electrons. The minimum atomic E-state index is -0.488. The van der Waals surface area contributed by atoms with E-state index in [4.69, 9.17) is 5.73 Å². The van der Waals surface area contributed by atoms with E-state index < -0.39 is 5.60 Å². The number of aliphatic hydroxyl groups is 1. The van der Waals surface area contributed by atoms with Crippen LogP contribution in [0.5, 0.6) is 0 Å². The fourth-order valence-electron chi connectivity index (χ4n) is 2.75. The molecule has 0 amide bonds. The Morgan fingerprint density at radius 3 is 2.47 bits per heavy atom. The third-order valence-electron chi connectivity index (χ3n) is 4.35. The van der Waals surface area contributed by atoms with E-state index in [0.717, 1.165) is 31.1 Å². The Bertz CT molecular complexity index is 193. The van der Waals surface area contributed by atoms with E-state index in [1.807, 2.05) is 0 Å². The summed E-state index contributed by atoms with van der Waals surface area (Å²) in [4.78, 5) is 0. The van der Waals surface area contributed by atoms with Crippen molar-refractivity contribution in [2.45, 2.75) is 58.5 Å². The fourth-order valence-corrected chi connectivity index (χ4v) is 2.75. The van der Waals surface area contributed by atoms with Gasteiger partial charge >= 0.3 is 0 Å². The van der Waals surface area contributed by atoms with Crippen LogP contribution in [0.2, 0.25) is 0 Å². The van der Waals surface area contributed by atoms with Gasteiger partial charge < -0.3 is 10.8 Å². The molecule has 0 aromatic carbocycles. The molecule has 1 fully saturated rings. The minimum absolute atomic E-state index is 0.239. The first-order valence-corrected chi connectivity index (χ1v) is 6.42. The summed E-state index contributed by atoms with van der Waals surface area (Å²) in [5.74, 6) is 1.79. The molecule has 1 aliphatic rings. The van der Waals surface area contributed by atoms with Crippen LogP contribution in [-0.4, -0.2) is 17.3 Å². The maximum absolute atomic E-state index is 10.5. The predicted octanol–water partition coefficient (Wildman–Crippen LogP) is 2.55. The monoisotopic (exact) mass is 213 g/mol. The molecular formula is C13H27NO. The Morgan fingerprint density at radius 1 is 1.27 bits per heavy atom. The highest BCUT2D eigenvalue weighted by Crippen LogP contribution is 2.37. The Labute approximate surface area is 94.2 Å². The maximum atomic E-state index is 10.5. The van der Waals surface area contributed by atoms with E-state index >= 15 is 0 Å². The van der Waals surface area contributed by atoms with Gasteiger partial charge in [-0.2, -0.15) is 0 Å². The zero-order valence-corrected chi connectivity index (χ0v) is 10.5. The van der Waals surface area contributed by atoms with Crippen molar-refractivity contribution in [1.82, 2.24) is 0 Å². The molecule has 3 unspecified atom stereocenters. The summed E-state index contributed by atoms with van der Waals surface area (Å²) in [5.41, 5.74) is 5.19. The molecule has 0 aliphatic heterocycles. The second kappa shape index (κ2) is 5.31. The molecule has 90 valence electrons. The molecule has 2 heteroatoms. The van der Waals surface area contributed by atoms with Gasteiger partial charge in [0.2, 0.25) is 0 Å². The van der Waals surface area contributed by atoms with Crippen molar-refractivity contribution >= 4 is 0 Å². The van der Waals surface area contributed by atoms with Gasteiger partial charge in [-0.25, -0.2) is 0 Å². The summed E-state index contributed by atoms with van der Waals surface area (Å²) in [6.07, 6.45) is 5.47. The normalized spacial score (nSPS) is 35.2. The van der Waals surface area contributed by atoms with Gasteiger partial charge in [0.15, 0.2) is 0 Å². The molecule has 2 nitrogen and oxygen atoms in total. The number of hydrogen-bond acceptors (Lipinski definition) is 2. The molecule has 0 bridgehead atoms. The van der Waals surface area contributed by atoms with Crippen LogP contribution in [0.25, 0.3) is 0 Å². The number of rotatable bonds is 3. The van der Waals surface area contributed by atoms with E-state index in [1.165, 1.54) is 12.8 Å². The van der Waals surface area contributed by atoms with Gasteiger partial charge in [-0.05, 0) is 43.6 Å². The zero-order chi connectivity index (χ0) is 11.5. The molecule has 1 aliphatic carbocycles. The Kier molecular flexibility index (Phi) is 4.60. The summed E-state index contributed by atoms with van der Waals surface area (Å²) in [6, 6.07) is 0. The summed E-state index contributed by atoms with van der Waals surface area (Å²) in [6.45, 7) is 7.27. The van der Waals surface area contributed by atoms with Crippen LogP contribution >= 0.6 is 0 Å². The van der Waals surface area contributed by atoms with Gasteiger partial charge in [0, 0.05) is 0 Å². The van der Waals surface area contributed by atoms with Crippen molar-refractivity contribution in [3.05, 3.63) is 0 Å². The summed E-state index contributed by atoms with van der Waals surface area (Å²) >= 11 is 0. The summed E-state index contributed by atoms with van der Waals surface area (Å²) in [7, 11) is 0. The van der Waals surface area contributed by atoms with E-state index in [2.05, 4.69) is 20.8 Å². The van der Waals surface area contributed by atoms with Gasteiger partial charge in [0.25, 0.3) is 0 Å². The highest BCUT2D eigenvalue weighted by molar-refractivity contribution is 4.88. The first-order chi connectivity index (χ1) is 6.99. The van der Waals surface area contributed by atoms with Crippen molar-refractivity contribution in [3.8, 4) is 0 Å². The molecule has 0 aromatic rings. The first-order valence-electron chi connectivity index (χ1n) is 6.42. The van der Waals surface area contributed by atoms with Gasteiger partial charge in [-0.15, -0.1) is 0 Å². The number of nitrogens with two attached hydrogens (primary N) is 1. The summed E-state index contributed by atoms with van der Waals surface area (Å²) in [5, 5.41) is 10.5. The Balaban J connectivity index is 2.58. The molecule has 0 heterocycles. The predicted molar refractivity (Wildman–Crippen MR) is 64.6 cm³/mol. The highest BCUT2D eigenvalue weighted by atomic mass is 16.3. The second-order valence-corrected chi connectivity index (χ2v) is 5.68. The average Bonchev–Trinajstić information content (AvgIpc) is 2.40. The van der Waals surface area contributed by atoms with Gasteiger partial charge in [-0.1, -0.05) is 33.6 Å². The quantitative estimate of drug-likeness (QED) is 0.708. The molecule has 0 spiro atoms. The smallest absolute Gasteiger partial charge is 0.0685 e. The average molecular weight is 213 g/mol. The lowest BCUT2D eigenvalue weighted by molar-refractivity contribution is -0.0233. The lowest BCUT2D eigenvalue weighted by Crippen LogP contribution is -2.39. The van der Waals surface area contributed by atoms with Crippen LogP contribution in [0.4, 0.5) is 0 Å². The largest absolute Gasteiger partial charge is 0.390 e. The molecule has 3 atom stereocenters. The van der Waals surface area contributed by atoms with E-state index in [9.17, 15) is 5.11 Å². The Hall–Kier alpha value is -0.0800. The maximum Gasteiger partial charge on any atom is 0.0685 e. The molecule has 1 rings (SSSR count). The van der Waals surface area contributed by atoms with Crippen LogP contribution < -0.4 is 5.73 Å². The third-order valence-corrected chi connectivity index (χ3v) is 4.35.